The number of hydrogen-bond acceptors (Lipinski definition) is 3. The zero-order valence-corrected chi connectivity index (χ0v) is 7.44. The Bertz CT molecular complexity index is 201. The molecule has 3 N–H and O–H groups in total. The molecule has 2 aliphatic heterocycles. The Labute approximate surface area is 76.9 Å². The van der Waals surface area contributed by atoms with Crippen molar-refractivity contribution in [2.45, 2.75) is 43.9 Å². The quantitative estimate of drug-likeness (QED) is 0.536. The Morgan fingerprint density at radius 3 is 2.15 bits per heavy atom. The summed E-state index contributed by atoms with van der Waals surface area (Å²) in [6.07, 6.45) is 2.53. The smallest absolute Gasteiger partial charge is 0.306 e. The molecule has 2 atom stereocenters. The first-order valence-corrected chi connectivity index (χ1v) is 4.82. The normalized spacial score (nSPS) is 44.4. The van der Waals surface area contributed by atoms with Gasteiger partial charge in [-0.1, -0.05) is 0 Å². The Morgan fingerprint density at radius 1 is 1.15 bits per heavy atom. The molecule has 0 saturated carbocycles. The summed E-state index contributed by atoms with van der Waals surface area (Å²) in [5.74, 6) is -0.892. The minimum atomic E-state index is -0.687. The number of fused-ring (bicyclic) bond motifs is 2. The first-order chi connectivity index (χ1) is 6.15. The lowest BCUT2D eigenvalue weighted by Gasteiger charge is -2.40. The van der Waals surface area contributed by atoms with Crippen molar-refractivity contribution in [3.05, 3.63) is 0 Å². The number of aliphatic hydroxyl groups is 1. The monoisotopic (exact) mass is 185 g/mol. The van der Waals surface area contributed by atoms with Crippen LogP contribution in [0.1, 0.15) is 25.7 Å². The predicted molar refractivity (Wildman–Crippen MR) is 46.3 cm³/mol. The molecule has 0 aromatic rings. The maximum absolute atomic E-state index is 10.8. The van der Waals surface area contributed by atoms with Gasteiger partial charge in [0.1, 0.15) is 0 Å². The average molecular weight is 185 g/mol. The van der Waals surface area contributed by atoms with Crippen LogP contribution in [0.5, 0.6) is 0 Å². The molecule has 2 saturated heterocycles. The molecular weight excluding hydrogens is 170 g/mol. The lowest BCUT2D eigenvalue weighted by Crippen LogP contribution is -2.53. The molecule has 4 nitrogen and oxygen atoms in total. The van der Waals surface area contributed by atoms with Gasteiger partial charge in [-0.2, -0.15) is 0 Å². The van der Waals surface area contributed by atoms with Crippen LogP contribution in [0.3, 0.4) is 0 Å². The fraction of sp³-hybridized carbons (Fsp3) is 0.889. The van der Waals surface area contributed by atoms with Gasteiger partial charge in [0.2, 0.25) is 0 Å². The molecule has 2 unspecified atom stereocenters. The van der Waals surface area contributed by atoms with Crippen LogP contribution in [0.15, 0.2) is 0 Å². The van der Waals surface area contributed by atoms with Gasteiger partial charge >= 0.3 is 5.97 Å². The molecule has 2 rings (SSSR count). The van der Waals surface area contributed by atoms with Crippen LogP contribution in [-0.2, 0) is 4.79 Å². The van der Waals surface area contributed by atoms with E-state index in [2.05, 4.69) is 5.32 Å². The van der Waals surface area contributed by atoms with Crippen LogP contribution in [0, 0.1) is 5.92 Å². The minimum Gasteiger partial charge on any atom is -0.481 e. The third-order valence-corrected chi connectivity index (χ3v) is 3.07. The molecule has 4 heteroatoms. The third kappa shape index (κ3) is 1.84. The number of hydrogen-bond donors (Lipinski definition) is 3. The summed E-state index contributed by atoms with van der Waals surface area (Å²) in [6.45, 7) is 0. The fourth-order valence-corrected chi connectivity index (χ4v) is 2.54. The van der Waals surface area contributed by atoms with E-state index in [9.17, 15) is 9.90 Å². The summed E-state index contributed by atoms with van der Waals surface area (Å²) in [6, 6.07) is 0.423. The summed E-state index contributed by atoms with van der Waals surface area (Å²) >= 11 is 0. The summed E-state index contributed by atoms with van der Waals surface area (Å²) < 4.78 is 0. The fourth-order valence-electron chi connectivity index (χ4n) is 2.54. The predicted octanol–water partition coefficient (Wildman–Crippen LogP) is -0.0375. The highest BCUT2D eigenvalue weighted by atomic mass is 16.4. The Balaban J connectivity index is 2.01. The van der Waals surface area contributed by atoms with Crippen molar-refractivity contribution in [2.24, 2.45) is 5.92 Å². The van der Waals surface area contributed by atoms with Crippen molar-refractivity contribution in [3.8, 4) is 0 Å². The van der Waals surface area contributed by atoms with Crippen LogP contribution in [-0.4, -0.2) is 34.4 Å². The number of nitrogens with one attached hydrogen (secondary N) is 1. The van der Waals surface area contributed by atoms with Crippen molar-refractivity contribution in [1.29, 1.82) is 0 Å². The molecule has 0 aromatic heterocycles. The molecule has 0 spiro atoms. The van der Waals surface area contributed by atoms with E-state index in [1.165, 1.54) is 0 Å². The number of rotatable bonds is 1. The molecular formula is C9H15NO3. The van der Waals surface area contributed by atoms with Gasteiger partial charge in [-0.05, 0) is 25.7 Å². The van der Waals surface area contributed by atoms with Crippen LogP contribution in [0.25, 0.3) is 0 Å². The zero-order valence-electron chi connectivity index (χ0n) is 7.44. The van der Waals surface area contributed by atoms with Crippen molar-refractivity contribution < 1.29 is 15.0 Å². The van der Waals surface area contributed by atoms with Gasteiger partial charge in [0, 0.05) is 12.1 Å². The van der Waals surface area contributed by atoms with Gasteiger partial charge in [0.05, 0.1) is 12.0 Å². The first kappa shape index (κ1) is 8.97. The van der Waals surface area contributed by atoms with Gasteiger partial charge in [0.25, 0.3) is 0 Å². The van der Waals surface area contributed by atoms with E-state index in [4.69, 9.17) is 5.11 Å². The average Bonchev–Trinajstić information content (AvgIpc) is 2.01. The topological polar surface area (TPSA) is 69.6 Å². The molecule has 0 amide bonds. The van der Waals surface area contributed by atoms with Crippen molar-refractivity contribution in [2.75, 3.05) is 0 Å². The largest absolute Gasteiger partial charge is 0.481 e. The van der Waals surface area contributed by atoms with E-state index in [0.29, 0.717) is 25.7 Å². The Kier molecular flexibility index (Phi) is 2.26. The highest BCUT2D eigenvalue weighted by Crippen LogP contribution is 2.29. The minimum absolute atomic E-state index is 0.205. The van der Waals surface area contributed by atoms with E-state index in [-0.39, 0.29) is 24.1 Å². The van der Waals surface area contributed by atoms with Gasteiger partial charge in [0.15, 0.2) is 0 Å². The van der Waals surface area contributed by atoms with E-state index in [0.717, 1.165) is 0 Å². The first-order valence-electron chi connectivity index (χ1n) is 4.82. The molecule has 74 valence electrons. The molecule has 0 aliphatic carbocycles. The maximum Gasteiger partial charge on any atom is 0.306 e. The van der Waals surface area contributed by atoms with Gasteiger partial charge < -0.3 is 15.5 Å². The second-order valence-electron chi connectivity index (χ2n) is 4.19. The Hall–Kier alpha value is -0.610. The van der Waals surface area contributed by atoms with Gasteiger partial charge in [-0.3, -0.25) is 4.79 Å². The molecule has 0 radical (unpaired) electrons. The van der Waals surface area contributed by atoms with E-state index < -0.39 is 5.97 Å². The van der Waals surface area contributed by atoms with E-state index in [1.54, 1.807) is 0 Å². The molecule has 0 aromatic carbocycles. The third-order valence-electron chi connectivity index (χ3n) is 3.07. The lowest BCUT2D eigenvalue weighted by molar-refractivity contribution is -0.144. The maximum atomic E-state index is 10.8. The van der Waals surface area contributed by atoms with Crippen LogP contribution >= 0.6 is 0 Å². The number of carbonyl (C=O) groups is 1. The van der Waals surface area contributed by atoms with Crippen molar-refractivity contribution in [1.82, 2.24) is 5.32 Å². The highest BCUT2D eigenvalue weighted by molar-refractivity contribution is 5.70. The Morgan fingerprint density at radius 2 is 1.69 bits per heavy atom. The SMILES string of the molecule is O=C(O)C1CC2CC(O)CC(C1)N2. The zero-order chi connectivity index (χ0) is 9.42. The second-order valence-corrected chi connectivity index (χ2v) is 4.19. The van der Waals surface area contributed by atoms with E-state index in [1.807, 2.05) is 0 Å². The standard InChI is InChI=1S/C9H15NO3/c11-8-3-6-1-5(9(12)13)2-7(4-8)10-6/h5-8,10-11H,1-4H2,(H,12,13). The van der Waals surface area contributed by atoms with E-state index >= 15 is 0 Å². The summed E-state index contributed by atoms with van der Waals surface area (Å²) in [5.41, 5.74) is 0. The van der Waals surface area contributed by atoms with Crippen LogP contribution in [0.2, 0.25) is 0 Å². The number of carboxylic acid groups (broad SMARTS) is 1. The molecule has 13 heavy (non-hydrogen) atoms. The summed E-state index contributed by atoms with van der Waals surface area (Å²) in [5, 5.41) is 21.7. The number of aliphatic carboxylic acids is 1. The van der Waals surface area contributed by atoms with Crippen molar-refractivity contribution in [3.63, 3.8) is 0 Å². The number of carboxylic acids is 1. The van der Waals surface area contributed by atoms with Crippen LogP contribution in [0.4, 0.5) is 0 Å². The van der Waals surface area contributed by atoms with Crippen molar-refractivity contribution >= 4 is 5.97 Å². The lowest BCUT2D eigenvalue weighted by atomic mass is 9.79. The molecule has 2 heterocycles. The molecule has 2 bridgehead atoms. The van der Waals surface area contributed by atoms with Crippen LogP contribution < -0.4 is 5.32 Å². The summed E-state index contributed by atoms with van der Waals surface area (Å²) in [4.78, 5) is 10.8. The molecule has 2 aliphatic rings. The summed E-state index contributed by atoms with van der Waals surface area (Å²) in [7, 11) is 0. The van der Waals surface area contributed by atoms with Gasteiger partial charge in [-0.15, -0.1) is 0 Å². The number of aliphatic hydroxyl groups excluding tert-OH is 1. The molecule has 2 fully saturated rings. The number of piperidine rings is 2. The van der Waals surface area contributed by atoms with Gasteiger partial charge in [-0.25, -0.2) is 0 Å². The highest BCUT2D eigenvalue weighted by Gasteiger charge is 2.37. The second kappa shape index (κ2) is 3.27.